The summed E-state index contributed by atoms with van der Waals surface area (Å²) in [6, 6.07) is 10.2. The Morgan fingerprint density at radius 3 is 2.24 bits per heavy atom. The zero-order valence-corrected chi connectivity index (χ0v) is 16.9. The molecule has 0 bridgehead atoms. The highest BCUT2D eigenvalue weighted by Crippen LogP contribution is 2.35. The van der Waals surface area contributed by atoms with Crippen LogP contribution in [0.4, 0.5) is 5.82 Å². The molecule has 0 radical (unpaired) electrons. The van der Waals surface area contributed by atoms with Crippen molar-refractivity contribution in [3.8, 4) is 23.3 Å². The van der Waals surface area contributed by atoms with Crippen LogP contribution < -0.4 is 16.6 Å². The van der Waals surface area contributed by atoms with Gasteiger partial charge in [0.25, 0.3) is 0 Å². The third-order valence-electron chi connectivity index (χ3n) is 3.94. The number of nitriles is 2. The van der Waals surface area contributed by atoms with Crippen molar-refractivity contribution in [2.75, 3.05) is 17.2 Å². The average molecular weight is 431 g/mol. The SMILES string of the molecule is N#Cc1c(N)nc(SCCCCS(N)(=O)=O)c(C#N)c1-c1ccc(C(N)=O)cc1. The van der Waals surface area contributed by atoms with Gasteiger partial charge in [0, 0.05) is 11.1 Å². The van der Waals surface area contributed by atoms with Gasteiger partial charge in [0.1, 0.15) is 28.5 Å². The van der Waals surface area contributed by atoms with Crippen LogP contribution in [0.5, 0.6) is 0 Å². The number of primary amides is 1. The maximum absolute atomic E-state index is 11.3. The van der Waals surface area contributed by atoms with Gasteiger partial charge in [-0.25, -0.2) is 18.5 Å². The van der Waals surface area contributed by atoms with Crippen LogP contribution in [0.25, 0.3) is 11.1 Å². The number of benzene rings is 1. The summed E-state index contributed by atoms with van der Waals surface area (Å²) in [6.07, 6.45) is 0.914. The van der Waals surface area contributed by atoms with Crippen molar-refractivity contribution in [2.45, 2.75) is 17.9 Å². The van der Waals surface area contributed by atoms with E-state index in [9.17, 15) is 23.7 Å². The quantitative estimate of drug-likeness (QED) is 0.412. The molecule has 9 nitrogen and oxygen atoms in total. The Kier molecular flexibility index (Phi) is 7.18. The second-order valence-corrected chi connectivity index (χ2v) is 8.83. The number of hydrogen-bond acceptors (Lipinski definition) is 8. The molecule has 1 heterocycles. The summed E-state index contributed by atoms with van der Waals surface area (Å²) in [5.74, 6) is -0.253. The van der Waals surface area contributed by atoms with Gasteiger partial charge in [-0.3, -0.25) is 4.79 Å². The topological polar surface area (TPSA) is 190 Å². The van der Waals surface area contributed by atoms with Crippen LogP contribution >= 0.6 is 11.8 Å². The number of sulfonamides is 1. The number of unbranched alkanes of at least 4 members (excludes halogenated alkanes) is 1. The number of hydrogen-bond donors (Lipinski definition) is 3. The first-order valence-corrected chi connectivity index (χ1v) is 11.0. The molecule has 0 aliphatic heterocycles. The summed E-state index contributed by atoms with van der Waals surface area (Å²) < 4.78 is 22.0. The summed E-state index contributed by atoms with van der Waals surface area (Å²) in [5.41, 5.74) is 12.6. The largest absolute Gasteiger partial charge is 0.383 e. The van der Waals surface area contributed by atoms with Crippen LogP contribution in [0.2, 0.25) is 0 Å². The molecule has 0 spiro atoms. The summed E-state index contributed by atoms with van der Waals surface area (Å²) in [6.45, 7) is 0. The standard InChI is InChI=1S/C18H18N6O3S2/c19-9-13-15(11-3-5-12(6-4-11)17(22)25)14(10-20)18(24-16(13)21)28-7-1-2-8-29(23,26)27/h3-6H,1-2,7-8H2,(H2,21,24)(H2,22,25)(H2,23,26,27). The number of nitrogens with two attached hydrogens (primary N) is 3. The summed E-state index contributed by atoms with van der Waals surface area (Å²) in [4.78, 5) is 15.4. The fraction of sp³-hybridized carbons (Fsp3) is 0.222. The monoisotopic (exact) mass is 430 g/mol. The second-order valence-electron chi connectivity index (χ2n) is 6.01. The van der Waals surface area contributed by atoms with Crippen molar-refractivity contribution in [3.05, 3.63) is 41.0 Å². The van der Waals surface area contributed by atoms with E-state index in [1.165, 1.54) is 23.9 Å². The predicted octanol–water partition coefficient (Wildman–Crippen LogP) is 1.33. The number of carbonyl (C=O) groups excluding carboxylic acids is 1. The van der Waals surface area contributed by atoms with Crippen molar-refractivity contribution in [2.24, 2.45) is 10.9 Å². The number of nitrogens with zero attached hydrogens (tertiary/aromatic N) is 3. The normalized spacial score (nSPS) is 10.9. The predicted molar refractivity (Wildman–Crippen MR) is 110 cm³/mol. The molecule has 0 saturated carbocycles. The highest BCUT2D eigenvalue weighted by Gasteiger charge is 2.20. The van der Waals surface area contributed by atoms with E-state index in [0.717, 1.165) is 0 Å². The first-order chi connectivity index (χ1) is 13.7. The molecule has 1 aromatic carbocycles. The molecule has 0 aliphatic carbocycles. The number of carbonyl (C=O) groups is 1. The minimum atomic E-state index is -3.52. The number of pyridine rings is 1. The van der Waals surface area contributed by atoms with Crippen molar-refractivity contribution < 1.29 is 13.2 Å². The van der Waals surface area contributed by atoms with Crippen molar-refractivity contribution >= 4 is 33.5 Å². The number of thioether (sulfide) groups is 1. The molecule has 2 aromatic rings. The van der Waals surface area contributed by atoms with E-state index in [2.05, 4.69) is 11.1 Å². The van der Waals surface area contributed by atoms with Gasteiger partial charge in [0.15, 0.2) is 0 Å². The highest BCUT2D eigenvalue weighted by molar-refractivity contribution is 7.99. The Morgan fingerprint density at radius 2 is 1.72 bits per heavy atom. The number of amides is 1. The lowest BCUT2D eigenvalue weighted by atomic mass is 9.96. The van der Waals surface area contributed by atoms with E-state index in [1.807, 2.05) is 6.07 Å². The number of aromatic nitrogens is 1. The highest BCUT2D eigenvalue weighted by atomic mass is 32.2. The first kappa shape index (κ1) is 22.2. The van der Waals surface area contributed by atoms with E-state index in [4.69, 9.17) is 16.6 Å². The Balaban J connectivity index is 2.39. The number of nitrogen functional groups attached to an aromatic ring is 1. The molecule has 0 atom stereocenters. The average Bonchev–Trinajstić information content (AvgIpc) is 2.66. The molecule has 1 aromatic heterocycles. The fourth-order valence-corrected chi connectivity index (χ4v) is 4.17. The third kappa shape index (κ3) is 5.68. The third-order valence-corrected chi connectivity index (χ3v) is 5.86. The lowest BCUT2D eigenvalue weighted by Crippen LogP contribution is -2.16. The molecule has 6 N–H and O–H groups in total. The summed E-state index contributed by atoms with van der Waals surface area (Å²) >= 11 is 1.24. The van der Waals surface area contributed by atoms with E-state index in [-0.39, 0.29) is 28.3 Å². The molecule has 0 unspecified atom stereocenters. The van der Waals surface area contributed by atoms with E-state index in [1.54, 1.807) is 12.1 Å². The van der Waals surface area contributed by atoms with E-state index in [0.29, 0.717) is 34.7 Å². The molecule has 0 fully saturated rings. The molecule has 0 saturated heterocycles. The number of anilines is 1. The van der Waals surface area contributed by atoms with Crippen LogP contribution in [0, 0.1) is 22.7 Å². The molecule has 1 amide bonds. The van der Waals surface area contributed by atoms with Gasteiger partial charge in [0.05, 0.1) is 11.3 Å². The Bertz CT molecular complexity index is 1120. The van der Waals surface area contributed by atoms with Crippen LogP contribution in [-0.4, -0.2) is 30.8 Å². The molecular weight excluding hydrogens is 412 g/mol. The maximum atomic E-state index is 11.3. The van der Waals surface area contributed by atoms with Gasteiger partial charge in [-0.1, -0.05) is 12.1 Å². The molecule has 150 valence electrons. The second kappa shape index (κ2) is 9.39. The number of primary sulfonamides is 1. The van der Waals surface area contributed by atoms with Gasteiger partial charge in [-0.05, 0) is 36.3 Å². The molecule has 11 heteroatoms. The van der Waals surface area contributed by atoms with E-state index < -0.39 is 15.9 Å². The van der Waals surface area contributed by atoms with Gasteiger partial charge in [0.2, 0.25) is 15.9 Å². The minimum Gasteiger partial charge on any atom is -0.383 e. The van der Waals surface area contributed by atoms with Crippen molar-refractivity contribution in [1.29, 1.82) is 10.5 Å². The fourth-order valence-electron chi connectivity index (χ4n) is 2.57. The van der Waals surface area contributed by atoms with E-state index >= 15 is 0 Å². The van der Waals surface area contributed by atoms with Crippen molar-refractivity contribution in [3.63, 3.8) is 0 Å². The summed E-state index contributed by atoms with van der Waals surface area (Å²) in [5, 5.41) is 24.5. The van der Waals surface area contributed by atoms with Gasteiger partial charge >= 0.3 is 0 Å². The van der Waals surface area contributed by atoms with Gasteiger partial charge < -0.3 is 11.5 Å². The Hall–Kier alpha value is -3.12. The molecule has 0 aliphatic rings. The van der Waals surface area contributed by atoms with Crippen LogP contribution in [-0.2, 0) is 10.0 Å². The lowest BCUT2D eigenvalue weighted by molar-refractivity contribution is 0.100. The molecular formula is C18H18N6O3S2. The van der Waals surface area contributed by atoms with Crippen LogP contribution in [0.15, 0.2) is 29.3 Å². The molecule has 29 heavy (non-hydrogen) atoms. The zero-order chi connectivity index (χ0) is 21.6. The van der Waals surface area contributed by atoms with Gasteiger partial charge in [-0.2, -0.15) is 10.5 Å². The lowest BCUT2D eigenvalue weighted by Gasteiger charge is -2.13. The Morgan fingerprint density at radius 1 is 1.10 bits per heavy atom. The number of rotatable bonds is 8. The van der Waals surface area contributed by atoms with Crippen LogP contribution in [0.3, 0.4) is 0 Å². The maximum Gasteiger partial charge on any atom is 0.248 e. The zero-order valence-electron chi connectivity index (χ0n) is 15.3. The smallest absolute Gasteiger partial charge is 0.248 e. The van der Waals surface area contributed by atoms with Crippen LogP contribution in [0.1, 0.15) is 34.3 Å². The molecule has 2 rings (SSSR count). The van der Waals surface area contributed by atoms with Gasteiger partial charge in [-0.15, -0.1) is 11.8 Å². The first-order valence-electron chi connectivity index (χ1n) is 8.35. The van der Waals surface area contributed by atoms with Crippen molar-refractivity contribution in [1.82, 2.24) is 4.98 Å². The summed E-state index contributed by atoms with van der Waals surface area (Å²) in [7, 11) is -3.52. The Labute approximate surface area is 172 Å². The minimum absolute atomic E-state index is 0.0208.